The molecule has 0 fully saturated rings. The largest absolute Gasteiger partial charge is 0.508 e. The predicted molar refractivity (Wildman–Crippen MR) is 84.9 cm³/mol. The molecule has 2 aromatic carbocycles. The number of carbonyl (C=O) groups is 1. The number of ether oxygens (including phenoxy) is 1. The van der Waals surface area contributed by atoms with Crippen molar-refractivity contribution in [2.75, 3.05) is 17.7 Å². The van der Waals surface area contributed by atoms with Crippen molar-refractivity contribution in [1.82, 2.24) is 0 Å². The molecule has 0 spiro atoms. The summed E-state index contributed by atoms with van der Waals surface area (Å²) in [5.41, 5.74) is 8.03. The normalized spacial score (nSPS) is 10.3. The van der Waals surface area contributed by atoms with Crippen molar-refractivity contribution in [3.63, 3.8) is 0 Å². The third kappa shape index (κ3) is 2.90. The summed E-state index contributed by atoms with van der Waals surface area (Å²) in [6, 6.07) is 8.03. The topological polar surface area (TPSA) is 96.0 Å². The molecule has 2 aromatic rings. The number of phenols is 1. The van der Waals surface area contributed by atoms with E-state index < -0.39 is 6.09 Å². The van der Waals surface area contributed by atoms with Gasteiger partial charge in [-0.1, -0.05) is 0 Å². The maximum Gasteiger partial charge on any atom is 0.411 e. The van der Waals surface area contributed by atoms with Crippen LogP contribution in [-0.2, 0) is 0 Å². The zero-order valence-corrected chi connectivity index (χ0v) is 12.6. The molecule has 6 nitrogen and oxygen atoms in total. The van der Waals surface area contributed by atoms with Crippen molar-refractivity contribution < 1.29 is 19.7 Å². The van der Waals surface area contributed by atoms with Gasteiger partial charge in [0.05, 0.1) is 11.4 Å². The molecule has 0 atom stereocenters. The molecule has 0 radical (unpaired) electrons. The molecule has 2 rings (SSSR count). The van der Waals surface area contributed by atoms with Gasteiger partial charge in [-0.05, 0) is 49.2 Å². The molecule has 116 valence electrons. The number of rotatable bonds is 3. The summed E-state index contributed by atoms with van der Waals surface area (Å²) in [5, 5.41) is 18.7. The number of benzene rings is 2. The van der Waals surface area contributed by atoms with Gasteiger partial charge in [-0.2, -0.15) is 0 Å². The standard InChI is InChI=1S/C16H18N2O4/c1-9-10(2)15(7-6-14(9)19)22-11-4-5-12(17)13(8-11)18(3)16(20)21/h4-8,19H,17H2,1-3H3,(H,20,21). The summed E-state index contributed by atoms with van der Waals surface area (Å²) in [6.07, 6.45) is -1.11. The van der Waals surface area contributed by atoms with E-state index in [4.69, 9.17) is 15.6 Å². The summed E-state index contributed by atoms with van der Waals surface area (Å²) < 4.78 is 5.78. The highest BCUT2D eigenvalue weighted by Gasteiger charge is 2.14. The number of aromatic hydroxyl groups is 1. The first-order valence-corrected chi connectivity index (χ1v) is 6.64. The van der Waals surface area contributed by atoms with Crippen LogP contribution >= 0.6 is 0 Å². The van der Waals surface area contributed by atoms with Crippen LogP contribution in [0.15, 0.2) is 30.3 Å². The Morgan fingerprint density at radius 2 is 1.86 bits per heavy atom. The lowest BCUT2D eigenvalue weighted by Gasteiger charge is -2.17. The van der Waals surface area contributed by atoms with E-state index >= 15 is 0 Å². The summed E-state index contributed by atoms with van der Waals surface area (Å²) in [5.74, 6) is 1.25. The highest BCUT2D eigenvalue weighted by atomic mass is 16.5. The molecule has 0 bridgehead atoms. The Morgan fingerprint density at radius 3 is 2.50 bits per heavy atom. The quantitative estimate of drug-likeness (QED) is 0.754. The fourth-order valence-corrected chi connectivity index (χ4v) is 2.00. The van der Waals surface area contributed by atoms with Gasteiger partial charge in [0.2, 0.25) is 0 Å². The number of hydrogen-bond donors (Lipinski definition) is 3. The Bertz CT molecular complexity index is 728. The summed E-state index contributed by atoms with van der Waals surface area (Å²) in [6.45, 7) is 3.64. The number of nitrogens with zero attached hydrogens (tertiary/aromatic N) is 1. The molecule has 0 saturated heterocycles. The number of hydrogen-bond acceptors (Lipinski definition) is 4. The van der Waals surface area contributed by atoms with E-state index in [1.54, 1.807) is 37.3 Å². The molecular weight excluding hydrogens is 284 g/mol. The van der Waals surface area contributed by atoms with Gasteiger partial charge in [-0.25, -0.2) is 4.79 Å². The second kappa shape index (κ2) is 5.85. The van der Waals surface area contributed by atoms with Gasteiger partial charge < -0.3 is 20.7 Å². The van der Waals surface area contributed by atoms with Crippen molar-refractivity contribution in [3.05, 3.63) is 41.5 Å². The number of amides is 1. The van der Waals surface area contributed by atoms with Crippen LogP contribution in [0, 0.1) is 13.8 Å². The van der Waals surface area contributed by atoms with Crippen LogP contribution in [0.5, 0.6) is 17.2 Å². The first-order valence-electron chi connectivity index (χ1n) is 6.64. The summed E-state index contributed by atoms with van der Waals surface area (Å²) in [7, 11) is 1.41. The molecule has 1 amide bonds. The van der Waals surface area contributed by atoms with E-state index in [1.165, 1.54) is 7.05 Å². The minimum absolute atomic E-state index is 0.202. The lowest BCUT2D eigenvalue weighted by atomic mass is 10.1. The highest BCUT2D eigenvalue weighted by Crippen LogP contribution is 2.34. The Hall–Kier alpha value is -2.89. The third-order valence-electron chi connectivity index (χ3n) is 3.59. The van der Waals surface area contributed by atoms with Crippen LogP contribution in [0.2, 0.25) is 0 Å². The van der Waals surface area contributed by atoms with Gasteiger partial charge >= 0.3 is 6.09 Å². The van der Waals surface area contributed by atoms with E-state index in [0.29, 0.717) is 22.9 Å². The second-order valence-electron chi connectivity index (χ2n) is 5.00. The average Bonchev–Trinajstić information content (AvgIpc) is 2.48. The predicted octanol–water partition coefficient (Wildman–Crippen LogP) is 3.50. The Balaban J connectivity index is 2.37. The van der Waals surface area contributed by atoms with Gasteiger partial charge in [-0.3, -0.25) is 4.90 Å². The third-order valence-corrected chi connectivity index (χ3v) is 3.59. The monoisotopic (exact) mass is 302 g/mol. The summed E-state index contributed by atoms with van der Waals surface area (Å²) in [4.78, 5) is 12.1. The Morgan fingerprint density at radius 1 is 1.18 bits per heavy atom. The molecule has 0 aromatic heterocycles. The highest BCUT2D eigenvalue weighted by molar-refractivity contribution is 5.90. The van der Waals surface area contributed by atoms with Crippen LogP contribution in [0.25, 0.3) is 0 Å². The van der Waals surface area contributed by atoms with E-state index in [-0.39, 0.29) is 5.75 Å². The molecular formula is C16H18N2O4. The first-order chi connectivity index (χ1) is 10.3. The van der Waals surface area contributed by atoms with Gasteiger partial charge in [0, 0.05) is 13.1 Å². The van der Waals surface area contributed by atoms with E-state index in [2.05, 4.69) is 0 Å². The van der Waals surface area contributed by atoms with Crippen molar-refractivity contribution in [1.29, 1.82) is 0 Å². The Kier molecular flexibility index (Phi) is 4.12. The number of anilines is 2. The molecule has 6 heteroatoms. The van der Waals surface area contributed by atoms with Crippen LogP contribution in [-0.4, -0.2) is 23.4 Å². The summed E-state index contributed by atoms with van der Waals surface area (Å²) >= 11 is 0. The van der Waals surface area contributed by atoms with Crippen molar-refractivity contribution >= 4 is 17.5 Å². The maximum absolute atomic E-state index is 11.1. The zero-order valence-electron chi connectivity index (χ0n) is 12.6. The molecule has 0 heterocycles. The zero-order chi connectivity index (χ0) is 16.4. The lowest BCUT2D eigenvalue weighted by Crippen LogP contribution is -2.24. The fraction of sp³-hybridized carbons (Fsp3) is 0.188. The van der Waals surface area contributed by atoms with Crippen molar-refractivity contribution in [2.45, 2.75) is 13.8 Å². The number of carboxylic acid groups (broad SMARTS) is 1. The molecule has 0 unspecified atom stereocenters. The van der Waals surface area contributed by atoms with Crippen LogP contribution in [0.1, 0.15) is 11.1 Å². The lowest BCUT2D eigenvalue weighted by molar-refractivity contribution is 0.203. The van der Waals surface area contributed by atoms with E-state index in [0.717, 1.165) is 16.0 Å². The molecule has 0 saturated carbocycles. The molecule has 4 N–H and O–H groups in total. The van der Waals surface area contributed by atoms with Gasteiger partial charge in [-0.15, -0.1) is 0 Å². The van der Waals surface area contributed by atoms with E-state index in [1.807, 2.05) is 6.92 Å². The number of nitrogens with two attached hydrogens (primary N) is 1. The van der Waals surface area contributed by atoms with Crippen molar-refractivity contribution in [2.24, 2.45) is 0 Å². The molecule has 0 aliphatic heterocycles. The van der Waals surface area contributed by atoms with Crippen LogP contribution in [0.4, 0.5) is 16.2 Å². The first kappa shape index (κ1) is 15.5. The maximum atomic E-state index is 11.1. The SMILES string of the molecule is Cc1c(O)ccc(Oc2ccc(N)c(N(C)C(=O)O)c2)c1C. The number of nitrogen functional groups attached to an aromatic ring is 1. The fourth-order valence-electron chi connectivity index (χ4n) is 2.00. The van der Waals surface area contributed by atoms with Crippen LogP contribution < -0.4 is 15.4 Å². The number of phenolic OH excluding ortho intramolecular Hbond substituents is 1. The molecule has 0 aliphatic rings. The smallest absolute Gasteiger partial charge is 0.411 e. The van der Waals surface area contributed by atoms with Gasteiger partial charge in [0.25, 0.3) is 0 Å². The van der Waals surface area contributed by atoms with E-state index in [9.17, 15) is 9.90 Å². The average molecular weight is 302 g/mol. The molecule has 0 aliphatic carbocycles. The minimum atomic E-state index is -1.11. The van der Waals surface area contributed by atoms with Gasteiger partial charge in [0.15, 0.2) is 0 Å². The van der Waals surface area contributed by atoms with Crippen LogP contribution in [0.3, 0.4) is 0 Å². The van der Waals surface area contributed by atoms with Crippen molar-refractivity contribution in [3.8, 4) is 17.2 Å². The minimum Gasteiger partial charge on any atom is -0.508 e. The molecule has 22 heavy (non-hydrogen) atoms. The van der Waals surface area contributed by atoms with Gasteiger partial charge in [0.1, 0.15) is 17.2 Å². The second-order valence-corrected chi connectivity index (χ2v) is 5.00. The Labute approximate surface area is 128 Å².